The van der Waals surface area contributed by atoms with Gasteiger partial charge in [0.1, 0.15) is 0 Å². The van der Waals surface area contributed by atoms with E-state index in [4.69, 9.17) is 9.97 Å². The maximum atomic E-state index is 5.36. The molecule has 0 aliphatic heterocycles. The van der Waals surface area contributed by atoms with Crippen LogP contribution in [-0.4, -0.2) is 18.9 Å². The van der Waals surface area contributed by atoms with E-state index in [-0.39, 0.29) is 0 Å². The van der Waals surface area contributed by atoms with Crippen molar-refractivity contribution in [1.82, 2.24) is 18.9 Å². The highest BCUT2D eigenvalue weighted by Gasteiger charge is 2.25. The normalized spacial score (nSPS) is 12.3. The van der Waals surface area contributed by atoms with Crippen molar-refractivity contribution >= 4 is 102 Å². The average molecular weight is 793 g/mol. The highest BCUT2D eigenvalue weighted by Crippen LogP contribution is 2.47. The van der Waals surface area contributed by atoms with Crippen LogP contribution in [0.2, 0.25) is 0 Å². The molecule has 9 aromatic carbocycles. The Labute approximate surface area is 353 Å². The van der Waals surface area contributed by atoms with E-state index in [1.807, 2.05) is 0 Å². The van der Waals surface area contributed by atoms with Crippen molar-refractivity contribution in [3.05, 3.63) is 194 Å². The van der Waals surface area contributed by atoms with Gasteiger partial charge in [0.25, 0.3) is 0 Å². The Balaban J connectivity index is 0.997. The molecule has 0 aliphatic carbocycles. The fourth-order valence-corrected chi connectivity index (χ4v) is 11.2. The van der Waals surface area contributed by atoms with Crippen molar-refractivity contribution in [3.63, 3.8) is 0 Å². The summed E-state index contributed by atoms with van der Waals surface area (Å²) in [6.45, 7) is 0. The second-order valence-electron chi connectivity index (χ2n) is 16.1. The van der Waals surface area contributed by atoms with E-state index in [2.05, 4.69) is 203 Å². The van der Waals surface area contributed by atoms with Crippen molar-refractivity contribution in [3.8, 4) is 39.5 Å². The standard InChI is InChI=1S/C56H32N4S/c1-2-12-33(13-3-1)34-22-24-35(25-23-34)51-55-52(42-18-8-11-21-49(42)61-55)58-56(57-51)36-26-28-39(29-27-36)59-46-19-9-6-16-40(46)43-32-44-41-17-7-10-20-47(41)60-48-31-38-15-5-4-14-37(38)30-45(48)50(53(43)59)54(44)60/h1-32H. The maximum absolute atomic E-state index is 5.36. The molecular weight excluding hydrogens is 761 g/mol. The van der Waals surface area contributed by atoms with Gasteiger partial charge in [-0.25, -0.2) is 9.97 Å². The zero-order valence-corrected chi connectivity index (χ0v) is 33.5. The lowest BCUT2D eigenvalue weighted by Crippen LogP contribution is -1.96. The Morgan fingerprint density at radius 1 is 0.393 bits per heavy atom. The Kier molecular flexibility index (Phi) is 6.68. The molecule has 0 amide bonds. The van der Waals surface area contributed by atoms with Crippen LogP contribution in [0.25, 0.3) is 130 Å². The summed E-state index contributed by atoms with van der Waals surface area (Å²) in [6.07, 6.45) is 0. The SMILES string of the molecule is c1ccc(-c2ccc(-c3nc(-c4ccc(-n5c6ccccc6c6cc7c8ccccc8n8c9cc%10ccccc%10cc9c(c65)c78)cc4)nc4c3sc3ccccc34)cc2)cc1. The summed E-state index contributed by atoms with van der Waals surface area (Å²) in [5, 5.41) is 11.3. The molecule has 0 saturated heterocycles. The molecule has 0 saturated carbocycles. The van der Waals surface area contributed by atoms with Crippen LogP contribution in [-0.2, 0) is 0 Å². The van der Waals surface area contributed by atoms with E-state index < -0.39 is 0 Å². The summed E-state index contributed by atoms with van der Waals surface area (Å²) >= 11 is 1.77. The lowest BCUT2D eigenvalue weighted by Gasteiger charge is -2.11. The second kappa shape index (κ2) is 12.3. The van der Waals surface area contributed by atoms with Gasteiger partial charge >= 0.3 is 0 Å². The minimum Gasteiger partial charge on any atom is -0.309 e. The Morgan fingerprint density at radius 3 is 1.80 bits per heavy atom. The highest BCUT2D eigenvalue weighted by atomic mass is 32.1. The first-order valence-corrected chi connectivity index (χ1v) is 21.6. The molecule has 5 heteroatoms. The third-order valence-corrected chi connectivity index (χ3v) is 14.0. The van der Waals surface area contributed by atoms with Crippen LogP contribution in [0.15, 0.2) is 194 Å². The van der Waals surface area contributed by atoms with E-state index >= 15 is 0 Å². The molecular formula is C56H32N4S. The van der Waals surface area contributed by atoms with Gasteiger partial charge in [-0.1, -0.05) is 133 Å². The third kappa shape index (κ3) is 4.64. The van der Waals surface area contributed by atoms with Gasteiger partial charge in [-0.2, -0.15) is 0 Å². The third-order valence-electron chi connectivity index (χ3n) is 12.8. The van der Waals surface area contributed by atoms with Crippen molar-refractivity contribution in [2.45, 2.75) is 0 Å². The number of benzene rings is 9. The van der Waals surface area contributed by atoms with Gasteiger partial charge in [0.2, 0.25) is 0 Å². The van der Waals surface area contributed by atoms with Crippen molar-refractivity contribution in [2.24, 2.45) is 0 Å². The van der Waals surface area contributed by atoms with E-state index in [0.29, 0.717) is 0 Å². The zero-order valence-electron chi connectivity index (χ0n) is 32.7. The van der Waals surface area contributed by atoms with E-state index in [9.17, 15) is 0 Å². The van der Waals surface area contributed by atoms with Crippen LogP contribution in [0, 0.1) is 0 Å². The van der Waals surface area contributed by atoms with Crippen molar-refractivity contribution in [2.75, 3.05) is 0 Å². The summed E-state index contributed by atoms with van der Waals surface area (Å²) in [7, 11) is 0. The number of hydrogen-bond donors (Lipinski definition) is 0. The number of hydrogen-bond acceptors (Lipinski definition) is 3. The molecule has 14 rings (SSSR count). The van der Waals surface area contributed by atoms with Crippen LogP contribution in [0.1, 0.15) is 0 Å². The molecule has 0 atom stereocenters. The molecule has 0 bridgehead atoms. The van der Waals surface area contributed by atoms with E-state index in [1.54, 1.807) is 11.3 Å². The number of thiophene rings is 1. The summed E-state index contributed by atoms with van der Waals surface area (Å²) in [6, 6.07) is 70.5. The lowest BCUT2D eigenvalue weighted by atomic mass is 10.0. The predicted octanol–water partition coefficient (Wildman–Crippen LogP) is 15.2. The number of nitrogens with zero attached hydrogens (tertiary/aromatic N) is 4. The first-order chi connectivity index (χ1) is 30.2. The average Bonchev–Trinajstić information content (AvgIpc) is 4.06. The largest absolute Gasteiger partial charge is 0.309 e. The predicted molar refractivity (Wildman–Crippen MR) is 258 cm³/mol. The van der Waals surface area contributed by atoms with Crippen molar-refractivity contribution < 1.29 is 0 Å². The summed E-state index contributed by atoms with van der Waals surface area (Å²) < 4.78 is 7.30. The number of fused-ring (bicyclic) bond motifs is 14. The highest BCUT2D eigenvalue weighted by molar-refractivity contribution is 7.26. The van der Waals surface area contributed by atoms with E-state index in [0.717, 1.165) is 43.9 Å². The van der Waals surface area contributed by atoms with Crippen LogP contribution in [0.3, 0.4) is 0 Å². The lowest BCUT2D eigenvalue weighted by molar-refractivity contribution is 1.18. The Morgan fingerprint density at radius 2 is 1.00 bits per heavy atom. The molecule has 0 N–H and O–H groups in total. The van der Waals surface area contributed by atoms with Gasteiger partial charge in [0.05, 0.1) is 43.5 Å². The van der Waals surface area contributed by atoms with Gasteiger partial charge in [-0.05, 0) is 82.6 Å². The molecule has 14 aromatic rings. The van der Waals surface area contributed by atoms with E-state index in [1.165, 1.54) is 86.5 Å². The first-order valence-electron chi connectivity index (χ1n) is 20.7. The molecule has 282 valence electrons. The summed E-state index contributed by atoms with van der Waals surface area (Å²) in [5.74, 6) is 0.720. The molecule has 0 spiro atoms. The van der Waals surface area contributed by atoms with Gasteiger partial charge in [0.15, 0.2) is 5.82 Å². The van der Waals surface area contributed by atoms with Gasteiger partial charge in [-0.15, -0.1) is 11.3 Å². The molecule has 0 aliphatic rings. The quantitative estimate of drug-likeness (QED) is 0.178. The molecule has 0 fully saturated rings. The minimum atomic E-state index is 0.720. The minimum absolute atomic E-state index is 0.720. The second-order valence-corrected chi connectivity index (χ2v) is 17.2. The number of para-hydroxylation sites is 2. The van der Waals surface area contributed by atoms with Crippen molar-refractivity contribution in [1.29, 1.82) is 0 Å². The Bertz CT molecular complexity index is 4080. The molecule has 5 heterocycles. The fraction of sp³-hybridized carbons (Fsp3) is 0. The monoisotopic (exact) mass is 792 g/mol. The van der Waals surface area contributed by atoms with Crippen LogP contribution in [0.4, 0.5) is 0 Å². The maximum Gasteiger partial charge on any atom is 0.160 e. The Hall–Kier alpha value is -7.86. The van der Waals surface area contributed by atoms with Crippen LogP contribution in [0.5, 0.6) is 0 Å². The molecule has 61 heavy (non-hydrogen) atoms. The number of rotatable bonds is 4. The fourth-order valence-electron chi connectivity index (χ4n) is 10.1. The van der Waals surface area contributed by atoms with Gasteiger partial charge in [0, 0.05) is 59.2 Å². The van der Waals surface area contributed by atoms with Gasteiger partial charge < -0.3 is 8.97 Å². The van der Waals surface area contributed by atoms with Crippen LogP contribution >= 0.6 is 11.3 Å². The summed E-state index contributed by atoms with van der Waals surface area (Å²) in [5.41, 5.74) is 13.6. The topological polar surface area (TPSA) is 35.1 Å². The smallest absolute Gasteiger partial charge is 0.160 e. The zero-order chi connectivity index (χ0) is 39.8. The van der Waals surface area contributed by atoms with Crippen LogP contribution < -0.4 is 0 Å². The molecule has 5 aromatic heterocycles. The van der Waals surface area contributed by atoms with Gasteiger partial charge in [-0.3, -0.25) is 0 Å². The summed E-state index contributed by atoms with van der Waals surface area (Å²) in [4.78, 5) is 10.7. The molecule has 0 unspecified atom stereocenters. The molecule has 4 nitrogen and oxygen atoms in total. The number of aromatic nitrogens is 4. The molecule has 0 radical (unpaired) electrons. The first kappa shape index (κ1) is 33.0.